The Bertz CT molecular complexity index is 838. The van der Waals surface area contributed by atoms with Gasteiger partial charge < -0.3 is 10.6 Å². The predicted octanol–water partition coefficient (Wildman–Crippen LogP) is 3.72. The third kappa shape index (κ3) is 3.33. The lowest BCUT2D eigenvalue weighted by molar-refractivity contribution is 0.0773. The van der Waals surface area contributed by atoms with E-state index in [1.807, 2.05) is 24.0 Å². The molecule has 1 saturated heterocycles. The average Bonchev–Trinajstić information content (AvgIpc) is 3.26. The lowest BCUT2D eigenvalue weighted by Gasteiger charge is -2.17. The van der Waals surface area contributed by atoms with E-state index in [9.17, 15) is 4.79 Å². The SMILES string of the molecule is Cc1cc(C(=O)N2CC3CCC(N)C3C2)nn1-c1ccc(Cl)c(Cl)c1.Cl. The van der Waals surface area contributed by atoms with E-state index in [-0.39, 0.29) is 24.4 Å². The number of aromatic nitrogens is 2. The monoisotopic (exact) mass is 414 g/mol. The van der Waals surface area contributed by atoms with E-state index in [2.05, 4.69) is 5.10 Å². The first-order valence-electron chi connectivity index (χ1n) is 8.51. The number of benzene rings is 1. The Morgan fingerprint density at radius 1 is 1.19 bits per heavy atom. The summed E-state index contributed by atoms with van der Waals surface area (Å²) in [6.07, 6.45) is 2.19. The molecule has 3 atom stereocenters. The van der Waals surface area contributed by atoms with Gasteiger partial charge in [0.25, 0.3) is 5.91 Å². The lowest BCUT2D eigenvalue weighted by Crippen LogP contribution is -2.33. The minimum Gasteiger partial charge on any atom is -0.337 e. The number of fused-ring (bicyclic) bond motifs is 1. The molecule has 3 unspecified atom stereocenters. The Morgan fingerprint density at radius 2 is 1.96 bits per heavy atom. The summed E-state index contributed by atoms with van der Waals surface area (Å²) in [4.78, 5) is 14.8. The van der Waals surface area contributed by atoms with Crippen molar-refractivity contribution in [2.24, 2.45) is 17.6 Å². The molecule has 0 bridgehead atoms. The summed E-state index contributed by atoms with van der Waals surface area (Å²) >= 11 is 12.1. The second-order valence-electron chi connectivity index (χ2n) is 7.06. The summed E-state index contributed by atoms with van der Waals surface area (Å²) in [5.74, 6) is 0.947. The van der Waals surface area contributed by atoms with Crippen molar-refractivity contribution in [2.45, 2.75) is 25.8 Å². The van der Waals surface area contributed by atoms with E-state index >= 15 is 0 Å². The van der Waals surface area contributed by atoms with E-state index in [0.717, 1.165) is 37.3 Å². The van der Waals surface area contributed by atoms with Gasteiger partial charge in [0.05, 0.1) is 15.7 Å². The fourth-order valence-electron chi connectivity index (χ4n) is 4.09. The predicted molar refractivity (Wildman–Crippen MR) is 106 cm³/mol. The quantitative estimate of drug-likeness (QED) is 0.813. The number of hydrogen-bond donors (Lipinski definition) is 1. The molecule has 140 valence electrons. The van der Waals surface area contributed by atoms with Crippen LogP contribution < -0.4 is 5.73 Å². The Labute approximate surface area is 168 Å². The Kier molecular flexibility index (Phi) is 5.54. The van der Waals surface area contributed by atoms with Gasteiger partial charge in [-0.1, -0.05) is 23.2 Å². The lowest BCUT2D eigenvalue weighted by atomic mass is 9.98. The Balaban J connectivity index is 0.00000196. The molecule has 26 heavy (non-hydrogen) atoms. The van der Waals surface area contributed by atoms with Gasteiger partial charge in [-0.05, 0) is 55.9 Å². The van der Waals surface area contributed by atoms with E-state index in [0.29, 0.717) is 27.6 Å². The van der Waals surface area contributed by atoms with Crippen molar-refractivity contribution in [1.29, 1.82) is 0 Å². The molecule has 1 aliphatic carbocycles. The van der Waals surface area contributed by atoms with Gasteiger partial charge in [-0.15, -0.1) is 12.4 Å². The number of aryl methyl sites for hydroxylation is 1. The number of halogens is 3. The smallest absolute Gasteiger partial charge is 0.274 e. The summed E-state index contributed by atoms with van der Waals surface area (Å²) in [6, 6.07) is 7.35. The van der Waals surface area contributed by atoms with E-state index in [1.54, 1.807) is 16.8 Å². The van der Waals surface area contributed by atoms with Crippen LogP contribution in [0.2, 0.25) is 10.0 Å². The number of carbonyl (C=O) groups excluding carboxylic acids is 1. The number of hydrogen-bond acceptors (Lipinski definition) is 3. The van der Waals surface area contributed by atoms with Crippen LogP contribution >= 0.6 is 35.6 Å². The number of amides is 1. The Hall–Kier alpha value is -1.27. The fraction of sp³-hybridized carbons (Fsp3) is 0.444. The number of rotatable bonds is 2. The second kappa shape index (κ2) is 7.39. The van der Waals surface area contributed by atoms with Crippen molar-refractivity contribution >= 4 is 41.5 Å². The molecule has 1 aromatic heterocycles. The fourth-order valence-corrected chi connectivity index (χ4v) is 4.38. The van der Waals surface area contributed by atoms with Crippen LogP contribution in [0.1, 0.15) is 29.0 Å². The molecule has 2 fully saturated rings. The van der Waals surface area contributed by atoms with Crippen LogP contribution in [0.25, 0.3) is 5.69 Å². The van der Waals surface area contributed by atoms with Crippen LogP contribution in [0, 0.1) is 18.8 Å². The van der Waals surface area contributed by atoms with Gasteiger partial charge in [-0.25, -0.2) is 4.68 Å². The van der Waals surface area contributed by atoms with Crippen LogP contribution in [0.15, 0.2) is 24.3 Å². The molecule has 5 nitrogen and oxygen atoms in total. The van der Waals surface area contributed by atoms with Crippen LogP contribution in [0.3, 0.4) is 0 Å². The molecular weight excluding hydrogens is 395 g/mol. The number of likely N-dealkylation sites (tertiary alicyclic amines) is 1. The molecule has 2 aliphatic rings. The molecule has 8 heteroatoms. The van der Waals surface area contributed by atoms with E-state index in [4.69, 9.17) is 28.9 Å². The van der Waals surface area contributed by atoms with Crippen molar-refractivity contribution in [3.05, 3.63) is 45.7 Å². The minimum absolute atomic E-state index is 0. The topological polar surface area (TPSA) is 64.2 Å². The number of nitrogens with two attached hydrogens (primary N) is 1. The summed E-state index contributed by atoms with van der Waals surface area (Å²) in [5.41, 5.74) is 8.28. The highest BCUT2D eigenvalue weighted by molar-refractivity contribution is 6.42. The normalized spacial score (nSPS) is 24.5. The third-order valence-electron chi connectivity index (χ3n) is 5.45. The first kappa shape index (κ1) is 19.5. The highest BCUT2D eigenvalue weighted by Crippen LogP contribution is 2.37. The molecule has 1 aliphatic heterocycles. The van der Waals surface area contributed by atoms with E-state index in [1.165, 1.54) is 0 Å². The molecule has 0 radical (unpaired) electrons. The zero-order valence-electron chi connectivity index (χ0n) is 14.4. The van der Waals surface area contributed by atoms with Crippen molar-refractivity contribution in [2.75, 3.05) is 13.1 Å². The van der Waals surface area contributed by atoms with Crippen LogP contribution in [0.4, 0.5) is 0 Å². The maximum absolute atomic E-state index is 12.9. The summed E-state index contributed by atoms with van der Waals surface area (Å²) < 4.78 is 1.72. The van der Waals surface area contributed by atoms with Gasteiger partial charge in [0.15, 0.2) is 5.69 Å². The number of nitrogens with zero attached hydrogens (tertiary/aromatic N) is 3. The van der Waals surface area contributed by atoms with Gasteiger partial charge in [0.2, 0.25) is 0 Å². The van der Waals surface area contributed by atoms with Gasteiger partial charge in [0, 0.05) is 24.8 Å². The molecule has 2 N–H and O–H groups in total. The summed E-state index contributed by atoms with van der Waals surface area (Å²) in [6.45, 7) is 3.44. The van der Waals surface area contributed by atoms with Crippen LogP contribution in [-0.2, 0) is 0 Å². The second-order valence-corrected chi connectivity index (χ2v) is 7.87. The summed E-state index contributed by atoms with van der Waals surface area (Å²) in [7, 11) is 0. The molecule has 1 saturated carbocycles. The van der Waals surface area contributed by atoms with Gasteiger partial charge in [-0.3, -0.25) is 4.79 Å². The minimum atomic E-state index is -0.0245. The molecule has 4 rings (SSSR count). The average molecular weight is 416 g/mol. The van der Waals surface area contributed by atoms with E-state index < -0.39 is 0 Å². The largest absolute Gasteiger partial charge is 0.337 e. The van der Waals surface area contributed by atoms with Gasteiger partial charge in [-0.2, -0.15) is 5.10 Å². The zero-order valence-corrected chi connectivity index (χ0v) is 16.7. The molecule has 1 aromatic carbocycles. The third-order valence-corrected chi connectivity index (χ3v) is 6.19. The molecular formula is C18H21Cl3N4O. The molecule has 0 spiro atoms. The molecule has 2 aromatic rings. The van der Waals surface area contributed by atoms with Crippen molar-refractivity contribution < 1.29 is 4.79 Å². The van der Waals surface area contributed by atoms with Gasteiger partial charge >= 0.3 is 0 Å². The van der Waals surface area contributed by atoms with Crippen molar-refractivity contribution in [3.8, 4) is 5.69 Å². The number of carbonyl (C=O) groups is 1. The van der Waals surface area contributed by atoms with Crippen LogP contribution in [0.5, 0.6) is 0 Å². The van der Waals surface area contributed by atoms with Gasteiger partial charge in [0.1, 0.15) is 0 Å². The van der Waals surface area contributed by atoms with Crippen LogP contribution in [-0.4, -0.2) is 39.7 Å². The first-order valence-corrected chi connectivity index (χ1v) is 9.26. The highest BCUT2D eigenvalue weighted by Gasteiger charge is 2.43. The zero-order chi connectivity index (χ0) is 17.7. The molecule has 2 heterocycles. The molecule has 1 amide bonds. The highest BCUT2D eigenvalue weighted by atomic mass is 35.5. The Morgan fingerprint density at radius 3 is 2.65 bits per heavy atom. The maximum atomic E-state index is 12.9. The van der Waals surface area contributed by atoms with Crippen molar-refractivity contribution in [3.63, 3.8) is 0 Å². The standard InChI is InChI=1S/C18H20Cl2N4O.ClH/c1-10-6-17(22-24(10)12-3-4-14(19)15(20)7-12)18(25)23-8-11-2-5-16(21)13(11)9-23;/h3-4,6-7,11,13,16H,2,5,8-9,21H2,1H3;1H. The van der Waals surface area contributed by atoms with Crippen molar-refractivity contribution in [1.82, 2.24) is 14.7 Å². The first-order chi connectivity index (χ1) is 11.9. The summed E-state index contributed by atoms with van der Waals surface area (Å²) in [5, 5.41) is 5.45. The maximum Gasteiger partial charge on any atom is 0.274 e.